The molecule has 0 radical (unpaired) electrons. The number of carbonyl (C=O) groups is 1. The molecule has 0 saturated carbocycles. The molecule has 0 spiro atoms. The van der Waals surface area contributed by atoms with Crippen LogP contribution in [0.5, 0.6) is 0 Å². The first kappa shape index (κ1) is 16.2. The molecule has 0 heterocycles. The summed E-state index contributed by atoms with van der Waals surface area (Å²) in [4.78, 5) is 12.5. The van der Waals surface area contributed by atoms with Gasteiger partial charge in [0.15, 0.2) is 4.51 Å². The monoisotopic (exact) mass is 332 g/mol. The van der Waals surface area contributed by atoms with Crippen molar-refractivity contribution in [1.82, 2.24) is 5.01 Å². The summed E-state index contributed by atoms with van der Waals surface area (Å²) in [6, 6.07) is 0. The van der Waals surface area contributed by atoms with Crippen LogP contribution in [0, 0.1) is 5.92 Å². The molecule has 0 aliphatic heterocycles. The third kappa shape index (κ3) is 3.01. The van der Waals surface area contributed by atoms with Gasteiger partial charge in [-0.3, -0.25) is 9.80 Å². The summed E-state index contributed by atoms with van der Waals surface area (Å²) in [5, 5.41) is 1.22. The molecule has 6 heteroatoms. The molecule has 1 aliphatic carbocycles. The van der Waals surface area contributed by atoms with Crippen LogP contribution in [0.25, 0.3) is 0 Å². The van der Waals surface area contributed by atoms with Gasteiger partial charge in [0.2, 0.25) is 5.91 Å². The van der Waals surface area contributed by atoms with Crippen molar-refractivity contribution in [2.45, 2.75) is 30.8 Å². The van der Waals surface area contributed by atoms with E-state index in [2.05, 4.69) is 15.9 Å². The molecule has 0 fully saturated rings. The maximum absolute atomic E-state index is 12.5. The van der Waals surface area contributed by atoms with Gasteiger partial charge in [-0.2, -0.15) is 0 Å². The zero-order valence-electron chi connectivity index (χ0n) is 11.9. The minimum Gasteiger partial charge on any atom is -0.497 e. The van der Waals surface area contributed by atoms with Gasteiger partial charge in [0, 0.05) is 7.11 Å². The van der Waals surface area contributed by atoms with Crippen molar-refractivity contribution in [1.29, 1.82) is 0 Å². The number of carbonyl (C=O) groups excluding carboxylic acids is 1. The summed E-state index contributed by atoms with van der Waals surface area (Å²) >= 11 is 3.45. The summed E-state index contributed by atoms with van der Waals surface area (Å²) in [5.41, 5.74) is -0.471. The molecule has 0 saturated heterocycles. The number of allylic oxidation sites excluding steroid dienone is 2. The minimum absolute atomic E-state index is 0.245. The Bertz CT molecular complexity index is 415. The number of nitrogens with zero attached hydrogens (tertiary/aromatic N) is 1. The molecule has 1 rings (SSSR count). The van der Waals surface area contributed by atoms with Crippen LogP contribution in [-0.2, 0) is 14.3 Å². The van der Waals surface area contributed by atoms with Gasteiger partial charge in [0.1, 0.15) is 11.7 Å². The van der Waals surface area contributed by atoms with Crippen LogP contribution in [0.15, 0.2) is 24.0 Å². The highest BCUT2D eigenvalue weighted by Crippen LogP contribution is 2.41. The highest BCUT2D eigenvalue weighted by Gasteiger charge is 2.48. The molecule has 2 atom stereocenters. The third-order valence-corrected chi connectivity index (χ3v) is 4.24. The Balaban J connectivity index is 3.10. The first-order valence-corrected chi connectivity index (χ1v) is 6.73. The molecule has 0 aromatic carbocycles. The lowest BCUT2D eigenvalue weighted by Crippen LogP contribution is -2.56. The van der Waals surface area contributed by atoms with Gasteiger partial charge in [0.05, 0.1) is 12.6 Å². The van der Waals surface area contributed by atoms with E-state index in [9.17, 15) is 4.79 Å². The molecule has 1 amide bonds. The molecule has 108 valence electrons. The molecule has 0 aromatic heterocycles. The van der Waals surface area contributed by atoms with E-state index in [0.717, 1.165) is 0 Å². The summed E-state index contributed by atoms with van der Waals surface area (Å²) in [7, 11) is 3.05. The fourth-order valence-corrected chi connectivity index (χ4v) is 2.44. The summed E-state index contributed by atoms with van der Waals surface area (Å²) in [5.74, 6) is 5.59. The van der Waals surface area contributed by atoms with E-state index < -0.39 is 16.0 Å². The zero-order valence-corrected chi connectivity index (χ0v) is 13.5. The van der Waals surface area contributed by atoms with Crippen molar-refractivity contribution in [2.24, 2.45) is 11.8 Å². The van der Waals surface area contributed by atoms with Crippen molar-refractivity contribution in [3.63, 3.8) is 0 Å². The van der Waals surface area contributed by atoms with Crippen LogP contribution < -0.4 is 5.84 Å². The van der Waals surface area contributed by atoms with E-state index in [1.54, 1.807) is 18.2 Å². The van der Waals surface area contributed by atoms with Crippen LogP contribution in [0.2, 0.25) is 0 Å². The molecule has 0 bridgehead atoms. The third-order valence-electron chi connectivity index (χ3n) is 3.03. The molecule has 19 heavy (non-hydrogen) atoms. The first-order valence-electron chi connectivity index (χ1n) is 5.94. The second-order valence-electron chi connectivity index (χ2n) is 5.33. The fourth-order valence-electron chi connectivity index (χ4n) is 1.80. The molecule has 2 N–H and O–H groups in total. The standard InChI is InChI=1S/C13H21BrN2O3/c1-12(2,3)16(15)11(17)9-7-6-8-10(18-4)13(9,14)19-5/h6-9H,15H2,1-5H3. The van der Waals surface area contributed by atoms with Crippen molar-refractivity contribution in [3.8, 4) is 0 Å². The predicted molar refractivity (Wildman–Crippen MR) is 77.2 cm³/mol. The number of amides is 1. The Morgan fingerprint density at radius 3 is 2.47 bits per heavy atom. The average molecular weight is 333 g/mol. The smallest absolute Gasteiger partial charge is 0.248 e. The molecular formula is C13H21BrN2O3. The Morgan fingerprint density at radius 2 is 2.05 bits per heavy atom. The Kier molecular flexibility index (Phi) is 4.81. The molecule has 0 aromatic rings. The molecule has 5 nitrogen and oxygen atoms in total. The van der Waals surface area contributed by atoms with Crippen LogP contribution in [-0.4, -0.2) is 35.2 Å². The van der Waals surface area contributed by atoms with Crippen molar-refractivity contribution in [2.75, 3.05) is 14.2 Å². The van der Waals surface area contributed by atoms with Gasteiger partial charge < -0.3 is 9.47 Å². The van der Waals surface area contributed by atoms with Gasteiger partial charge in [0.25, 0.3) is 0 Å². The number of hydrazine groups is 1. The van der Waals surface area contributed by atoms with E-state index in [0.29, 0.717) is 5.76 Å². The number of ether oxygens (including phenoxy) is 2. The van der Waals surface area contributed by atoms with Crippen LogP contribution >= 0.6 is 15.9 Å². The van der Waals surface area contributed by atoms with E-state index in [1.165, 1.54) is 19.2 Å². The van der Waals surface area contributed by atoms with Crippen molar-refractivity contribution in [3.05, 3.63) is 24.0 Å². The van der Waals surface area contributed by atoms with Crippen LogP contribution in [0.1, 0.15) is 20.8 Å². The lowest BCUT2D eigenvalue weighted by atomic mass is 9.93. The molecule has 1 aliphatic rings. The number of methoxy groups -OCH3 is 2. The maximum Gasteiger partial charge on any atom is 0.248 e. The van der Waals surface area contributed by atoms with Gasteiger partial charge in [-0.25, -0.2) is 5.84 Å². The number of rotatable bonds is 3. The Morgan fingerprint density at radius 1 is 1.47 bits per heavy atom. The topological polar surface area (TPSA) is 64.8 Å². The van der Waals surface area contributed by atoms with Crippen molar-refractivity contribution >= 4 is 21.8 Å². The number of nitrogens with two attached hydrogens (primary N) is 1. The van der Waals surface area contributed by atoms with Crippen molar-refractivity contribution < 1.29 is 14.3 Å². The summed E-state index contributed by atoms with van der Waals surface area (Å²) in [6.07, 6.45) is 5.26. The predicted octanol–water partition coefficient (Wildman–Crippen LogP) is 1.94. The van der Waals surface area contributed by atoms with Gasteiger partial charge in [-0.05, 0) is 42.8 Å². The normalized spacial score (nSPS) is 26.9. The summed E-state index contributed by atoms with van der Waals surface area (Å²) in [6.45, 7) is 5.60. The maximum atomic E-state index is 12.5. The van der Waals surface area contributed by atoms with E-state index in [1.807, 2.05) is 20.8 Å². The van der Waals surface area contributed by atoms with E-state index in [-0.39, 0.29) is 5.91 Å². The minimum atomic E-state index is -1.03. The lowest BCUT2D eigenvalue weighted by molar-refractivity contribution is -0.144. The number of alkyl halides is 1. The highest BCUT2D eigenvalue weighted by molar-refractivity contribution is 9.10. The average Bonchev–Trinajstić information content (AvgIpc) is 2.36. The zero-order chi connectivity index (χ0) is 14.8. The van der Waals surface area contributed by atoms with E-state index >= 15 is 0 Å². The quantitative estimate of drug-likeness (QED) is 0.371. The fraction of sp³-hybridized carbons (Fsp3) is 0.615. The largest absolute Gasteiger partial charge is 0.497 e. The highest BCUT2D eigenvalue weighted by atomic mass is 79.9. The first-order chi connectivity index (χ1) is 8.68. The lowest BCUT2D eigenvalue weighted by Gasteiger charge is -2.39. The second kappa shape index (κ2) is 5.64. The Hall–Kier alpha value is -0.850. The van der Waals surface area contributed by atoms with E-state index in [4.69, 9.17) is 15.3 Å². The molecular weight excluding hydrogens is 312 g/mol. The Labute approximate surface area is 122 Å². The van der Waals surface area contributed by atoms with Crippen LogP contribution in [0.4, 0.5) is 0 Å². The number of halogens is 1. The van der Waals surface area contributed by atoms with Crippen LogP contribution in [0.3, 0.4) is 0 Å². The SMILES string of the molecule is COC1=CC=CC(C(=O)N(N)C(C)(C)C)C1(Br)OC. The van der Waals surface area contributed by atoms with Gasteiger partial charge in [-0.15, -0.1) is 0 Å². The molecule has 2 unspecified atom stereocenters. The second-order valence-corrected chi connectivity index (χ2v) is 6.50. The summed E-state index contributed by atoms with van der Waals surface area (Å²) < 4.78 is 9.69. The number of hydrogen-bond donors (Lipinski definition) is 1. The van der Waals surface area contributed by atoms with Gasteiger partial charge in [-0.1, -0.05) is 12.2 Å². The number of hydrogen-bond acceptors (Lipinski definition) is 4. The van der Waals surface area contributed by atoms with Gasteiger partial charge >= 0.3 is 0 Å².